The fourth-order valence-electron chi connectivity index (χ4n) is 3.23. The molecule has 2 unspecified atom stereocenters. The molecule has 0 saturated carbocycles. The van der Waals surface area contributed by atoms with E-state index in [0.29, 0.717) is 18.1 Å². The monoisotopic (exact) mass is 221 g/mol. The zero-order valence-electron chi connectivity index (χ0n) is 10.2. The van der Waals surface area contributed by atoms with Gasteiger partial charge in [-0.1, -0.05) is 0 Å². The number of aromatic nitrogens is 2. The second-order valence-corrected chi connectivity index (χ2v) is 5.16. The van der Waals surface area contributed by atoms with Crippen LogP contribution in [0.5, 0.6) is 0 Å². The first-order valence-electron chi connectivity index (χ1n) is 6.07. The summed E-state index contributed by atoms with van der Waals surface area (Å²) >= 11 is 0. The molecule has 1 aromatic rings. The number of H-pyrrole nitrogens is 1. The van der Waals surface area contributed by atoms with E-state index >= 15 is 0 Å². The largest absolute Gasteiger partial charge is 0.378 e. The van der Waals surface area contributed by atoms with Crippen molar-refractivity contribution in [1.82, 2.24) is 15.1 Å². The van der Waals surface area contributed by atoms with Crippen molar-refractivity contribution in [2.24, 2.45) is 0 Å². The van der Waals surface area contributed by atoms with Crippen LogP contribution in [0.4, 0.5) is 0 Å². The predicted octanol–water partition coefficient (Wildman–Crippen LogP) is 1.42. The standard InChI is InChI=1S/C12H19N3O/c1-7(2)15-9-4-10-12(8(3)13-14-10)11(15)6-16-5-9/h7,9,11H,4-6H2,1-3H3,(H,13,14). The first-order valence-corrected chi connectivity index (χ1v) is 6.07. The van der Waals surface area contributed by atoms with Crippen molar-refractivity contribution in [2.75, 3.05) is 13.2 Å². The lowest BCUT2D eigenvalue weighted by molar-refractivity contribution is -0.0735. The summed E-state index contributed by atoms with van der Waals surface area (Å²) < 4.78 is 5.71. The molecule has 1 aromatic heterocycles. The SMILES string of the molecule is Cc1[nH]nc2c1C1COCC(C2)N1C(C)C. The molecule has 88 valence electrons. The molecule has 2 aliphatic heterocycles. The first kappa shape index (κ1) is 10.3. The van der Waals surface area contributed by atoms with Crippen LogP contribution in [0, 0.1) is 6.92 Å². The minimum absolute atomic E-state index is 0.404. The fourth-order valence-corrected chi connectivity index (χ4v) is 3.23. The Morgan fingerprint density at radius 1 is 1.44 bits per heavy atom. The van der Waals surface area contributed by atoms with Gasteiger partial charge in [0, 0.05) is 29.8 Å². The smallest absolute Gasteiger partial charge is 0.0690 e. The maximum atomic E-state index is 5.71. The van der Waals surface area contributed by atoms with Crippen molar-refractivity contribution in [3.05, 3.63) is 17.0 Å². The molecule has 4 heteroatoms. The van der Waals surface area contributed by atoms with Crippen LogP contribution in [0.25, 0.3) is 0 Å². The highest BCUT2D eigenvalue weighted by Crippen LogP contribution is 2.38. The summed E-state index contributed by atoms with van der Waals surface area (Å²) in [6, 6.07) is 1.48. The second-order valence-electron chi connectivity index (χ2n) is 5.16. The van der Waals surface area contributed by atoms with Crippen molar-refractivity contribution < 1.29 is 4.74 Å². The van der Waals surface area contributed by atoms with Gasteiger partial charge in [0.15, 0.2) is 0 Å². The summed E-state index contributed by atoms with van der Waals surface area (Å²) in [5.74, 6) is 0. The van der Waals surface area contributed by atoms with Gasteiger partial charge in [0.25, 0.3) is 0 Å². The molecule has 3 rings (SSSR count). The molecule has 3 heterocycles. The number of ether oxygens (including phenoxy) is 1. The maximum absolute atomic E-state index is 5.71. The summed E-state index contributed by atoms with van der Waals surface area (Å²) in [6.45, 7) is 8.30. The average molecular weight is 221 g/mol. The molecule has 4 nitrogen and oxygen atoms in total. The van der Waals surface area contributed by atoms with Crippen molar-refractivity contribution in [3.63, 3.8) is 0 Å². The predicted molar refractivity (Wildman–Crippen MR) is 61.4 cm³/mol. The number of aromatic amines is 1. The number of hydrogen-bond acceptors (Lipinski definition) is 3. The highest BCUT2D eigenvalue weighted by Gasteiger charge is 2.41. The Hall–Kier alpha value is -0.870. The lowest BCUT2D eigenvalue weighted by Crippen LogP contribution is -2.54. The maximum Gasteiger partial charge on any atom is 0.0690 e. The molecule has 0 aliphatic carbocycles. The molecule has 1 saturated heterocycles. The van der Waals surface area contributed by atoms with Gasteiger partial charge in [0.2, 0.25) is 0 Å². The lowest BCUT2D eigenvalue weighted by Gasteiger charge is -2.47. The van der Waals surface area contributed by atoms with Gasteiger partial charge in [-0.3, -0.25) is 10.00 Å². The Morgan fingerprint density at radius 3 is 3.00 bits per heavy atom. The fraction of sp³-hybridized carbons (Fsp3) is 0.750. The van der Waals surface area contributed by atoms with E-state index in [0.717, 1.165) is 19.6 Å². The van der Waals surface area contributed by atoms with E-state index in [9.17, 15) is 0 Å². The summed E-state index contributed by atoms with van der Waals surface area (Å²) in [6.07, 6.45) is 1.02. The summed E-state index contributed by atoms with van der Waals surface area (Å²) in [5.41, 5.74) is 3.84. The molecule has 2 aliphatic rings. The van der Waals surface area contributed by atoms with E-state index in [4.69, 9.17) is 4.74 Å². The van der Waals surface area contributed by atoms with Crippen molar-refractivity contribution in [1.29, 1.82) is 0 Å². The Labute approximate surface area is 96.0 Å². The third-order valence-electron chi connectivity index (χ3n) is 3.80. The van der Waals surface area contributed by atoms with Crippen LogP contribution in [0.1, 0.15) is 36.8 Å². The number of hydrogen-bond donors (Lipinski definition) is 1. The van der Waals surface area contributed by atoms with Crippen molar-refractivity contribution in [2.45, 2.75) is 45.3 Å². The van der Waals surface area contributed by atoms with E-state index in [2.05, 4.69) is 35.9 Å². The van der Waals surface area contributed by atoms with Gasteiger partial charge >= 0.3 is 0 Å². The topological polar surface area (TPSA) is 41.1 Å². The van der Waals surface area contributed by atoms with Crippen LogP contribution >= 0.6 is 0 Å². The molecular weight excluding hydrogens is 202 g/mol. The van der Waals surface area contributed by atoms with Gasteiger partial charge in [-0.2, -0.15) is 5.10 Å². The Bertz CT molecular complexity index is 399. The second kappa shape index (κ2) is 3.57. The summed E-state index contributed by atoms with van der Waals surface area (Å²) in [5, 5.41) is 7.54. The summed E-state index contributed by atoms with van der Waals surface area (Å²) in [7, 11) is 0. The Morgan fingerprint density at radius 2 is 2.25 bits per heavy atom. The van der Waals surface area contributed by atoms with Gasteiger partial charge in [0.05, 0.1) is 24.9 Å². The molecule has 2 bridgehead atoms. The molecule has 16 heavy (non-hydrogen) atoms. The lowest BCUT2D eigenvalue weighted by atomic mass is 9.89. The van der Waals surface area contributed by atoms with Gasteiger partial charge in [-0.05, 0) is 20.8 Å². The normalized spacial score (nSPS) is 29.5. The molecule has 0 aromatic carbocycles. The molecule has 2 atom stereocenters. The van der Waals surface area contributed by atoms with E-state index in [1.54, 1.807) is 0 Å². The zero-order valence-corrected chi connectivity index (χ0v) is 10.2. The summed E-state index contributed by atoms with van der Waals surface area (Å²) in [4.78, 5) is 2.59. The minimum Gasteiger partial charge on any atom is -0.378 e. The van der Waals surface area contributed by atoms with E-state index < -0.39 is 0 Å². The number of fused-ring (bicyclic) bond motifs is 4. The number of rotatable bonds is 1. The number of morpholine rings is 1. The van der Waals surface area contributed by atoms with E-state index in [1.165, 1.54) is 17.0 Å². The zero-order chi connectivity index (χ0) is 11.3. The van der Waals surface area contributed by atoms with Crippen LogP contribution in [0.3, 0.4) is 0 Å². The van der Waals surface area contributed by atoms with Crippen LogP contribution in [0.2, 0.25) is 0 Å². The van der Waals surface area contributed by atoms with Crippen molar-refractivity contribution >= 4 is 0 Å². The minimum atomic E-state index is 0.404. The van der Waals surface area contributed by atoms with Crippen molar-refractivity contribution in [3.8, 4) is 0 Å². The quantitative estimate of drug-likeness (QED) is 0.780. The van der Waals surface area contributed by atoms with Gasteiger partial charge < -0.3 is 4.74 Å². The van der Waals surface area contributed by atoms with E-state index in [1.807, 2.05) is 0 Å². The molecular formula is C12H19N3O. The average Bonchev–Trinajstić information content (AvgIpc) is 2.58. The third-order valence-corrected chi connectivity index (χ3v) is 3.80. The molecule has 1 N–H and O–H groups in total. The first-order chi connectivity index (χ1) is 7.68. The number of nitrogens with one attached hydrogen (secondary N) is 1. The molecule has 0 radical (unpaired) electrons. The van der Waals surface area contributed by atoms with Gasteiger partial charge in [-0.15, -0.1) is 0 Å². The Balaban J connectivity index is 2.06. The van der Waals surface area contributed by atoms with Crippen LogP contribution < -0.4 is 0 Å². The molecule has 1 fully saturated rings. The molecule has 0 amide bonds. The number of aryl methyl sites for hydroxylation is 1. The highest BCUT2D eigenvalue weighted by molar-refractivity contribution is 5.32. The van der Waals surface area contributed by atoms with Crippen LogP contribution in [-0.4, -0.2) is 40.4 Å². The van der Waals surface area contributed by atoms with Gasteiger partial charge in [-0.25, -0.2) is 0 Å². The van der Waals surface area contributed by atoms with Gasteiger partial charge in [0.1, 0.15) is 0 Å². The van der Waals surface area contributed by atoms with Crippen LogP contribution in [0.15, 0.2) is 0 Å². The third kappa shape index (κ3) is 1.33. The highest BCUT2D eigenvalue weighted by atomic mass is 16.5. The van der Waals surface area contributed by atoms with Crippen LogP contribution in [-0.2, 0) is 11.2 Å². The Kier molecular flexibility index (Phi) is 2.30. The molecule has 0 spiro atoms. The van der Waals surface area contributed by atoms with E-state index in [-0.39, 0.29) is 0 Å². The number of nitrogens with zero attached hydrogens (tertiary/aromatic N) is 2.